The normalized spacial score (nSPS) is 12.1. The van der Waals surface area contributed by atoms with E-state index in [1.807, 2.05) is 20.8 Å². The van der Waals surface area contributed by atoms with Crippen LogP contribution in [0.3, 0.4) is 0 Å². The van der Waals surface area contributed by atoms with Gasteiger partial charge in [0.15, 0.2) is 0 Å². The van der Waals surface area contributed by atoms with Crippen molar-refractivity contribution in [2.75, 3.05) is 10.6 Å². The van der Waals surface area contributed by atoms with Gasteiger partial charge in [0, 0.05) is 17.3 Å². The van der Waals surface area contributed by atoms with Crippen molar-refractivity contribution in [1.82, 2.24) is 9.97 Å². The molecule has 4 nitrogen and oxygen atoms in total. The third kappa shape index (κ3) is 5.12. The van der Waals surface area contributed by atoms with E-state index in [1.54, 1.807) is 19.1 Å². The van der Waals surface area contributed by atoms with Gasteiger partial charge in [-0.05, 0) is 45.9 Å². The van der Waals surface area contributed by atoms with Crippen molar-refractivity contribution in [2.24, 2.45) is 0 Å². The van der Waals surface area contributed by atoms with Crippen molar-refractivity contribution in [3.05, 3.63) is 41.7 Å². The molecule has 0 saturated heterocycles. The Bertz CT molecular complexity index is 690. The van der Waals surface area contributed by atoms with E-state index >= 15 is 0 Å². The number of alkyl halides is 3. The Morgan fingerprint density at radius 1 is 0.957 bits per heavy atom. The molecule has 1 heterocycles. The molecule has 0 atom stereocenters. The minimum absolute atomic E-state index is 0.186. The molecule has 0 bridgehead atoms. The number of hydrogen-bond acceptors (Lipinski definition) is 4. The summed E-state index contributed by atoms with van der Waals surface area (Å²) in [6.07, 6.45) is -4.38. The Kier molecular flexibility index (Phi) is 4.49. The highest BCUT2D eigenvalue weighted by Crippen LogP contribution is 2.31. The molecule has 0 aliphatic rings. The maximum atomic E-state index is 12.8. The average molecular weight is 324 g/mol. The van der Waals surface area contributed by atoms with Gasteiger partial charge in [0.25, 0.3) is 0 Å². The number of hydrogen-bond donors (Lipinski definition) is 2. The van der Waals surface area contributed by atoms with Crippen molar-refractivity contribution in [3.63, 3.8) is 0 Å². The van der Waals surface area contributed by atoms with Crippen molar-refractivity contribution in [1.29, 1.82) is 0 Å². The van der Waals surface area contributed by atoms with Gasteiger partial charge in [-0.2, -0.15) is 13.2 Å². The highest BCUT2D eigenvalue weighted by Gasteiger charge is 2.30. The lowest BCUT2D eigenvalue weighted by Crippen LogP contribution is -2.26. The van der Waals surface area contributed by atoms with Crippen molar-refractivity contribution >= 4 is 17.3 Å². The molecule has 1 aromatic heterocycles. The molecule has 0 fully saturated rings. The van der Waals surface area contributed by atoms with Gasteiger partial charge in [0.1, 0.15) is 17.5 Å². The summed E-state index contributed by atoms with van der Waals surface area (Å²) in [6, 6.07) is 6.66. The molecular formula is C16H19F3N4. The molecule has 0 amide bonds. The van der Waals surface area contributed by atoms with Gasteiger partial charge in [-0.25, -0.2) is 9.97 Å². The number of rotatable bonds is 3. The monoisotopic (exact) mass is 324 g/mol. The van der Waals surface area contributed by atoms with E-state index in [0.29, 0.717) is 23.1 Å². The number of benzene rings is 1. The van der Waals surface area contributed by atoms with E-state index in [0.717, 1.165) is 12.1 Å². The van der Waals surface area contributed by atoms with Gasteiger partial charge in [0.05, 0.1) is 5.56 Å². The summed E-state index contributed by atoms with van der Waals surface area (Å²) in [7, 11) is 0. The van der Waals surface area contributed by atoms with Crippen LogP contribution in [0.15, 0.2) is 30.3 Å². The lowest BCUT2D eigenvalue weighted by Gasteiger charge is -2.21. The quantitative estimate of drug-likeness (QED) is 0.855. The number of aromatic nitrogens is 2. The van der Waals surface area contributed by atoms with Crippen LogP contribution in [0.25, 0.3) is 0 Å². The lowest BCUT2D eigenvalue weighted by molar-refractivity contribution is -0.137. The summed E-state index contributed by atoms with van der Waals surface area (Å²) < 4.78 is 38.3. The van der Waals surface area contributed by atoms with Gasteiger partial charge < -0.3 is 10.6 Å². The summed E-state index contributed by atoms with van der Waals surface area (Å²) in [4.78, 5) is 8.48. The molecular weight excluding hydrogens is 305 g/mol. The fourth-order valence-corrected chi connectivity index (χ4v) is 2.00. The Hall–Kier alpha value is -2.31. The van der Waals surface area contributed by atoms with Crippen LogP contribution in [0, 0.1) is 6.92 Å². The van der Waals surface area contributed by atoms with Crippen molar-refractivity contribution < 1.29 is 13.2 Å². The summed E-state index contributed by atoms with van der Waals surface area (Å²) in [5.74, 6) is 1.57. The number of aryl methyl sites for hydroxylation is 1. The fourth-order valence-electron chi connectivity index (χ4n) is 2.00. The van der Waals surface area contributed by atoms with Crippen LogP contribution in [0.1, 0.15) is 32.2 Å². The Labute approximate surface area is 133 Å². The first-order valence-electron chi connectivity index (χ1n) is 7.11. The van der Waals surface area contributed by atoms with E-state index in [4.69, 9.17) is 0 Å². The second-order valence-electron chi connectivity index (χ2n) is 6.26. The van der Waals surface area contributed by atoms with Crippen molar-refractivity contribution in [2.45, 2.75) is 39.4 Å². The highest BCUT2D eigenvalue weighted by molar-refractivity contribution is 5.60. The van der Waals surface area contributed by atoms with Crippen LogP contribution in [-0.2, 0) is 6.18 Å². The summed E-state index contributed by atoms with van der Waals surface area (Å²) in [6.45, 7) is 7.70. The fraction of sp³-hybridized carbons (Fsp3) is 0.375. The predicted molar refractivity (Wildman–Crippen MR) is 84.9 cm³/mol. The average Bonchev–Trinajstić information content (AvgIpc) is 2.35. The molecule has 0 radical (unpaired) electrons. The molecule has 0 aliphatic carbocycles. The second-order valence-corrected chi connectivity index (χ2v) is 6.26. The zero-order valence-corrected chi connectivity index (χ0v) is 13.4. The predicted octanol–water partition coefficient (Wildman–Crippen LogP) is 4.76. The lowest BCUT2D eigenvalue weighted by atomic mass is 10.1. The Morgan fingerprint density at radius 3 is 2.22 bits per heavy atom. The van der Waals surface area contributed by atoms with Crippen LogP contribution in [0.2, 0.25) is 0 Å². The van der Waals surface area contributed by atoms with Gasteiger partial charge >= 0.3 is 6.18 Å². The zero-order chi connectivity index (χ0) is 17.3. The van der Waals surface area contributed by atoms with Crippen LogP contribution in [0.5, 0.6) is 0 Å². The van der Waals surface area contributed by atoms with Crippen LogP contribution in [0.4, 0.5) is 30.5 Å². The summed E-state index contributed by atoms with van der Waals surface area (Å²) >= 11 is 0. The van der Waals surface area contributed by atoms with Gasteiger partial charge in [-0.3, -0.25) is 0 Å². The molecule has 2 N–H and O–H groups in total. The van der Waals surface area contributed by atoms with E-state index < -0.39 is 11.7 Å². The summed E-state index contributed by atoms with van der Waals surface area (Å²) in [5, 5.41) is 6.10. The number of anilines is 3. The van der Waals surface area contributed by atoms with Crippen LogP contribution >= 0.6 is 0 Å². The maximum absolute atomic E-state index is 12.8. The molecule has 7 heteroatoms. The first kappa shape index (κ1) is 17.1. The third-order valence-corrected chi connectivity index (χ3v) is 2.80. The molecule has 0 saturated carbocycles. The molecule has 2 aromatic rings. The largest absolute Gasteiger partial charge is 0.416 e. The first-order chi connectivity index (χ1) is 10.5. The minimum Gasteiger partial charge on any atom is -0.365 e. The van der Waals surface area contributed by atoms with E-state index in [9.17, 15) is 13.2 Å². The van der Waals surface area contributed by atoms with E-state index in [2.05, 4.69) is 20.6 Å². The zero-order valence-electron chi connectivity index (χ0n) is 13.4. The molecule has 0 aliphatic heterocycles. The number of nitrogens with zero attached hydrogens (tertiary/aromatic N) is 2. The smallest absolute Gasteiger partial charge is 0.365 e. The molecule has 2 rings (SSSR count). The van der Waals surface area contributed by atoms with Gasteiger partial charge in [-0.15, -0.1) is 0 Å². The summed E-state index contributed by atoms with van der Waals surface area (Å²) in [5.41, 5.74) is -0.574. The van der Waals surface area contributed by atoms with Crippen molar-refractivity contribution in [3.8, 4) is 0 Å². The first-order valence-corrected chi connectivity index (χ1v) is 7.11. The van der Waals surface area contributed by atoms with Crippen LogP contribution < -0.4 is 10.6 Å². The minimum atomic E-state index is -4.38. The second kappa shape index (κ2) is 6.06. The molecule has 23 heavy (non-hydrogen) atoms. The Balaban J connectivity index is 2.27. The SMILES string of the molecule is Cc1nc(Nc2cccc(C(F)(F)F)c2)cc(NC(C)(C)C)n1. The van der Waals surface area contributed by atoms with E-state index in [1.165, 1.54) is 6.07 Å². The molecule has 0 spiro atoms. The number of nitrogens with one attached hydrogen (secondary N) is 2. The third-order valence-electron chi connectivity index (χ3n) is 2.80. The van der Waals surface area contributed by atoms with Gasteiger partial charge in [0.2, 0.25) is 0 Å². The van der Waals surface area contributed by atoms with E-state index in [-0.39, 0.29) is 5.54 Å². The topological polar surface area (TPSA) is 49.8 Å². The van der Waals surface area contributed by atoms with Gasteiger partial charge in [-0.1, -0.05) is 6.07 Å². The number of halogens is 3. The highest BCUT2D eigenvalue weighted by atomic mass is 19.4. The molecule has 0 unspecified atom stereocenters. The maximum Gasteiger partial charge on any atom is 0.416 e. The Morgan fingerprint density at radius 2 is 1.61 bits per heavy atom. The van der Waals surface area contributed by atoms with Crippen LogP contribution in [-0.4, -0.2) is 15.5 Å². The molecule has 124 valence electrons. The molecule has 1 aromatic carbocycles. The standard InChI is InChI=1S/C16H19F3N4/c1-10-20-13(9-14(21-10)23-15(2,3)4)22-12-7-5-6-11(8-12)16(17,18)19/h5-9H,1-4H3,(H2,20,21,22,23).